The summed E-state index contributed by atoms with van der Waals surface area (Å²) < 4.78 is 10.0. The van der Waals surface area contributed by atoms with Crippen LogP contribution >= 0.6 is 0 Å². The maximum absolute atomic E-state index is 10.8. The lowest BCUT2D eigenvalue weighted by Crippen LogP contribution is -2.20. The van der Waals surface area contributed by atoms with Crippen molar-refractivity contribution in [1.29, 1.82) is 0 Å². The molecule has 1 atom stereocenters. The van der Waals surface area contributed by atoms with Crippen LogP contribution in [0.2, 0.25) is 0 Å². The average molecular weight is 211 g/mol. The lowest BCUT2D eigenvalue weighted by molar-refractivity contribution is -0.126. The standard InChI is InChI=1S/C10H13NO4/c1-14-7-4-3-6(5-8(7)15-2)9(12)10(11)13/h3-5,9,12H,1-2H3,(H2,11,13)/t9-/m1/s1. The van der Waals surface area contributed by atoms with E-state index in [0.29, 0.717) is 17.1 Å². The van der Waals surface area contributed by atoms with Gasteiger partial charge in [-0.15, -0.1) is 0 Å². The topological polar surface area (TPSA) is 81.8 Å². The van der Waals surface area contributed by atoms with Gasteiger partial charge in [-0.1, -0.05) is 6.07 Å². The maximum atomic E-state index is 10.8. The second kappa shape index (κ2) is 4.65. The second-order valence-electron chi connectivity index (χ2n) is 2.92. The molecule has 0 aromatic heterocycles. The lowest BCUT2D eigenvalue weighted by Gasteiger charge is -2.11. The van der Waals surface area contributed by atoms with Gasteiger partial charge in [0.1, 0.15) is 0 Å². The minimum Gasteiger partial charge on any atom is -0.493 e. The number of hydrogen-bond donors (Lipinski definition) is 2. The molecule has 0 aliphatic carbocycles. The van der Waals surface area contributed by atoms with Gasteiger partial charge in [0.15, 0.2) is 17.6 Å². The van der Waals surface area contributed by atoms with Crippen molar-refractivity contribution < 1.29 is 19.4 Å². The number of ether oxygens (including phenoxy) is 2. The first-order valence-electron chi connectivity index (χ1n) is 4.29. The van der Waals surface area contributed by atoms with E-state index < -0.39 is 12.0 Å². The number of methoxy groups -OCH3 is 2. The van der Waals surface area contributed by atoms with Crippen molar-refractivity contribution in [1.82, 2.24) is 0 Å². The summed E-state index contributed by atoms with van der Waals surface area (Å²) in [6.07, 6.45) is -1.33. The molecule has 0 spiro atoms. The van der Waals surface area contributed by atoms with Crippen LogP contribution in [0.4, 0.5) is 0 Å². The Kier molecular flexibility index (Phi) is 3.51. The van der Waals surface area contributed by atoms with Crippen molar-refractivity contribution in [2.24, 2.45) is 5.73 Å². The Morgan fingerprint density at radius 1 is 1.33 bits per heavy atom. The Bertz CT molecular complexity index is 364. The highest BCUT2D eigenvalue weighted by molar-refractivity contribution is 5.80. The summed E-state index contributed by atoms with van der Waals surface area (Å²) in [6, 6.07) is 4.66. The molecule has 0 fully saturated rings. The van der Waals surface area contributed by atoms with Crippen LogP contribution in [0.1, 0.15) is 11.7 Å². The highest BCUT2D eigenvalue weighted by atomic mass is 16.5. The number of benzene rings is 1. The van der Waals surface area contributed by atoms with E-state index in [1.165, 1.54) is 20.3 Å². The Morgan fingerprint density at radius 3 is 2.40 bits per heavy atom. The van der Waals surface area contributed by atoms with Gasteiger partial charge in [0.05, 0.1) is 14.2 Å². The molecule has 0 bridgehead atoms. The molecule has 0 aliphatic heterocycles. The Hall–Kier alpha value is -1.75. The summed E-state index contributed by atoms with van der Waals surface area (Å²) in [6.45, 7) is 0. The third-order valence-corrected chi connectivity index (χ3v) is 1.99. The predicted molar refractivity (Wildman–Crippen MR) is 53.7 cm³/mol. The fourth-order valence-electron chi connectivity index (χ4n) is 1.19. The van der Waals surface area contributed by atoms with Crippen molar-refractivity contribution in [3.63, 3.8) is 0 Å². The van der Waals surface area contributed by atoms with Crippen LogP contribution in [-0.2, 0) is 4.79 Å². The molecular formula is C10H13NO4. The minimum atomic E-state index is -1.33. The van der Waals surface area contributed by atoms with Crippen LogP contribution in [-0.4, -0.2) is 25.2 Å². The molecule has 0 saturated heterocycles. The van der Waals surface area contributed by atoms with E-state index >= 15 is 0 Å². The summed E-state index contributed by atoms with van der Waals surface area (Å²) in [7, 11) is 2.97. The van der Waals surface area contributed by atoms with Crippen LogP contribution in [0, 0.1) is 0 Å². The highest BCUT2D eigenvalue weighted by Gasteiger charge is 2.15. The fourth-order valence-corrected chi connectivity index (χ4v) is 1.19. The lowest BCUT2D eigenvalue weighted by atomic mass is 10.1. The van der Waals surface area contributed by atoms with Crippen LogP contribution < -0.4 is 15.2 Å². The molecule has 1 aromatic carbocycles. The van der Waals surface area contributed by atoms with E-state index in [9.17, 15) is 9.90 Å². The maximum Gasteiger partial charge on any atom is 0.250 e. The van der Waals surface area contributed by atoms with E-state index in [2.05, 4.69) is 0 Å². The molecule has 5 nitrogen and oxygen atoms in total. The third kappa shape index (κ3) is 2.38. The van der Waals surface area contributed by atoms with Crippen molar-refractivity contribution in [3.05, 3.63) is 23.8 Å². The molecule has 0 saturated carbocycles. The first kappa shape index (κ1) is 11.3. The zero-order chi connectivity index (χ0) is 11.4. The summed E-state index contributed by atoms with van der Waals surface area (Å²) in [4.78, 5) is 10.8. The number of aliphatic hydroxyl groups is 1. The van der Waals surface area contributed by atoms with Crippen LogP contribution in [0.25, 0.3) is 0 Å². The quantitative estimate of drug-likeness (QED) is 0.746. The highest BCUT2D eigenvalue weighted by Crippen LogP contribution is 2.29. The molecule has 15 heavy (non-hydrogen) atoms. The van der Waals surface area contributed by atoms with Crippen LogP contribution in [0.15, 0.2) is 18.2 Å². The molecule has 1 rings (SSSR count). The SMILES string of the molecule is COc1ccc([C@@H](O)C(N)=O)cc1OC. The van der Waals surface area contributed by atoms with Crippen molar-refractivity contribution in [2.45, 2.75) is 6.10 Å². The first-order chi connectivity index (χ1) is 7.10. The van der Waals surface area contributed by atoms with Gasteiger partial charge in [0.25, 0.3) is 5.91 Å². The largest absolute Gasteiger partial charge is 0.493 e. The normalized spacial score (nSPS) is 11.9. The monoisotopic (exact) mass is 211 g/mol. The smallest absolute Gasteiger partial charge is 0.250 e. The number of carbonyl (C=O) groups excluding carboxylic acids is 1. The number of hydrogen-bond acceptors (Lipinski definition) is 4. The summed E-state index contributed by atoms with van der Waals surface area (Å²) in [5.41, 5.74) is 5.34. The Morgan fingerprint density at radius 2 is 1.93 bits per heavy atom. The molecular weight excluding hydrogens is 198 g/mol. The Balaban J connectivity index is 3.07. The Labute approximate surface area is 87.4 Å². The molecule has 1 aromatic rings. The van der Waals surface area contributed by atoms with E-state index in [4.69, 9.17) is 15.2 Å². The summed E-state index contributed by atoms with van der Waals surface area (Å²) in [5.74, 6) is 0.162. The zero-order valence-corrected chi connectivity index (χ0v) is 8.56. The van der Waals surface area contributed by atoms with E-state index in [1.807, 2.05) is 0 Å². The van der Waals surface area contributed by atoms with Gasteiger partial charge in [-0.05, 0) is 17.7 Å². The average Bonchev–Trinajstić information content (AvgIpc) is 2.26. The summed E-state index contributed by atoms with van der Waals surface area (Å²) >= 11 is 0. The second-order valence-corrected chi connectivity index (χ2v) is 2.92. The van der Waals surface area contributed by atoms with Crippen molar-refractivity contribution in [3.8, 4) is 11.5 Å². The summed E-state index contributed by atoms with van der Waals surface area (Å²) in [5, 5.41) is 9.41. The predicted octanol–water partition coefficient (Wildman–Crippen LogP) is 0.223. The third-order valence-electron chi connectivity index (χ3n) is 1.99. The van der Waals surface area contributed by atoms with Gasteiger partial charge in [0, 0.05) is 0 Å². The van der Waals surface area contributed by atoms with Gasteiger partial charge < -0.3 is 20.3 Å². The van der Waals surface area contributed by atoms with Gasteiger partial charge in [-0.3, -0.25) is 4.79 Å². The number of amides is 1. The van der Waals surface area contributed by atoms with Crippen molar-refractivity contribution in [2.75, 3.05) is 14.2 Å². The number of primary amides is 1. The van der Waals surface area contributed by atoms with Gasteiger partial charge in [0.2, 0.25) is 0 Å². The molecule has 5 heteroatoms. The fraction of sp³-hybridized carbons (Fsp3) is 0.300. The first-order valence-corrected chi connectivity index (χ1v) is 4.29. The minimum absolute atomic E-state index is 0.375. The van der Waals surface area contributed by atoms with E-state index in [-0.39, 0.29) is 0 Å². The number of nitrogens with two attached hydrogens (primary N) is 1. The van der Waals surface area contributed by atoms with Crippen molar-refractivity contribution >= 4 is 5.91 Å². The van der Waals surface area contributed by atoms with Gasteiger partial charge in [-0.25, -0.2) is 0 Å². The van der Waals surface area contributed by atoms with Crippen LogP contribution in [0.3, 0.4) is 0 Å². The molecule has 0 aliphatic rings. The van der Waals surface area contributed by atoms with Gasteiger partial charge in [-0.2, -0.15) is 0 Å². The van der Waals surface area contributed by atoms with E-state index in [1.54, 1.807) is 12.1 Å². The van der Waals surface area contributed by atoms with Gasteiger partial charge >= 0.3 is 0 Å². The molecule has 0 radical (unpaired) electrons. The molecule has 0 unspecified atom stereocenters. The molecule has 0 heterocycles. The zero-order valence-electron chi connectivity index (χ0n) is 8.56. The van der Waals surface area contributed by atoms with Crippen LogP contribution in [0.5, 0.6) is 11.5 Å². The molecule has 82 valence electrons. The molecule has 3 N–H and O–H groups in total. The van der Waals surface area contributed by atoms with E-state index in [0.717, 1.165) is 0 Å². The number of aliphatic hydroxyl groups excluding tert-OH is 1. The number of rotatable bonds is 4. The molecule has 1 amide bonds. The number of carbonyl (C=O) groups is 1.